The van der Waals surface area contributed by atoms with Gasteiger partial charge in [-0.05, 0) is 51.4 Å². The van der Waals surface area contributed by atoms with Gasteiger partial charge in [0, 0.05) is 25.0 Å². The number of hydrogen-bond donors (Lipinski definition) is 0. The van der Waals surface area contributed by atoms with Crippen molar-refractivity contribution >= 4 is 5.91 Å². The van der Waals surface area contributed by atoms with Gasteiger partial charge in [0.05, 0.1) is 31.9 Å². The van der Waals surface area contributed by atoms with Crippen molar-refractivity contribution in [2.24, 2.45) is 0 Å². The summed E-state index contributed by atoms with van der Waals surface area (Å²) in [6.45, 7) is 6.41. The van der Waals surface area contributed by atoms with E-state index in [0.29, 0.717) is 32.3 Å². The molecular formula is C19H29N3O3. The summed E-state index contributed by atoms with van der Waals surface area (Å²) in [6, 6.07) is 4.38. The highest BCUT2D eigenvalue weighted by atomic mass is 16.5. The molecule has 2 aliphatic rings. The Morgan fingerprint density at radius 1 is 1.40 bits per heavy atom. The lowest BCUT2D eigenvalue weighted by molar-refractivity contribution is -0.137. The summed E-state index contributed by atoms with van der Waals surface area (Å²) in [4.78, 5) is 20.9. The number of aromatic nitrogens is 1. The number of carbonyl (C=O) groups excluding carboxylic acids is 1. The molecule has 1 saturated carbocycles. The van der Waals surface area contributed by atoms with Crippen molar-refractivity contribution in [1.82, 2.24) is 14.8 Å². The molecule has 3 atom stereocenters. The molecule has 3 unspecified atom stereocenters. The van der Waals surface area contributed by atoms with E-state index in [9.17, 15) is 4.79 Å². The van der Waals surface area contributed by atoms with Crippen LogP contribution in [0, 0.1) is 0 Å². The molecule has 1 aliphatic heterocycles. The van der Waals surface area contributed by atoms with Crippen molar-refractivity contribution in [2.45, 2.75) is 57.6 Å². The van der Waals surface area contributed by atoms with E-state index in [1.54, 1.807) is 12.4 Å². The number of fused-ring (bicyclic) bond motifs is 2. The van der Waals surface area contributed by atoms with Crippen molar-refractivity contribution in [1.29, 1.82) is 0 Å². The number of nitrogens with zero attached hydrogens (tertiary/aromatic N) is 3. The van der Waals surface area contributed by atoms with Crippen LogP contribution in [-0.4, -0.2) is 71.7 Å². The van der Waals surface area contributed by atoms with Crippen molar-refractivity contribution in [2.75, 3.05) is 26.7 Å². The average Bonchev–Trinajstić information content (AvgIpc) is 2.88. The standard InChI is InChI=1S/C19H29N3O3/c1-14(2)21(3)12-18(23)22-10-11-24-17-5-4-16(22)19(17)25-13-15-6-8-20-9-7-15/h6-9,14,16-17,19H,4-5,10-13H2,1-3H3. The average molecular weight is 347 g/mol. The van der Waals surface area contributed by atoms with Crippen LogP contribution >= 0.6 is 0 Å². The summed E-state index contributed by atoms with van der Waals surface area (Å²) < 4.78 is 12.2. The number of hydrogen-bond acceptors (Lipinski definition) is 5. The van der Waals surface area contributed by atoms with Gasteiger partial charge in [0.2, 0.25) is 5.91 Å². The summed E-state index contributed by atoms with van der Waals surface area (Å²) >= 11 is 0. The molecule has 0 aromatic carbocycles. The highest BCUT2D eigenvalue weighted by molar-refractivity contribution is 5.78. The van der Waals surface area contributed by atoms with Crippen molar-refractivity contribution in [3.05, 3.63) is 30.1 Å². The van der Waals surface area contributed by atoms with E-state index in [1.165, 1.54) is 0 Å². The van der Waals surface area contributed by atoms with Gasteiger partial charge in [0.25, 0.3) is 0 Å². The van der Waals surface area contributed by atoms with Gasteiger partial charge in [-0.15, -0.1) is 0 Å². The molecule has 138 valence electrons. The van der Waals surface area contributed by atoms with Gasteiger partial charge in [-0.25, -0.2) is 0 Å². The Morgan fingerprint density at radius 3 is 2.88 bits per heavy atom. The van der Waals surface area contributed by atoms with Gasteiger partial charge >= 0.3 is 0 Å². The lowest BCUT2D eigenvalue weighted by Crippen LogP contribution is -2.50. The van der Waals surface area contributed by atoms with Crippen LogP contribution < -0.4 is 0 Å². The van der Waals surface area contributed by atoms with E-state index >= 15 is 0 Å². The second-order valence-electron chi connectivity index (χ2n) is 7.28. The zero-order valence-electron chi connectivity index (χ0n) is 15.4. The Bertz CT molecular complexity index is 566. The van der Waals surface area contributed by atoms with E-state index in [0.717, 1.165) is 18.4 Å². The number of pyridine rings is 1. The van der Waals surface area contributed by atoms with Gasteiger partial charge in [-0.3, -0.25) is 14.7 Å². The molecule has 0 N–H and O–H groups in total. The third kappa shape index (κ3) is 4.37. The van der Waals surface area contributed by atoms with Crippen molar-refractivity contribution in [3.63, 3.8) is 0 Å². The van der Waals surface area contributed by atoms with E-state index in [1.807, 2.05) is 24.1 Å². The molecule has 1 saturated heterocycles. The number of amides is 1. The topological polar surface area (TPSA) is 54.9 Å². The largest absolute Gasteiger partial charge is 0.374 e. The maximum Gasteiger partial charge on any atom is 0.237 e. The molecule has 2 bridgehead atoms. The third-order valence-corrected chi connectivity index (χ3v) is 5.34. The smallest absolute Gasteiger partial charge is 0.237 e. The third-order valence-electron chi connectivity index (χ3n) is 5.34. The Balaban J connectivity index is 1.66. The number of likely N-dealkylation sites (N-methyl/N-ethyl adjacent to an activating group) is 1. The van der Waals surface area contributed by atoms with E-state index in [-0.39, 0.29) is 24.2 Å². The fourth-order valence-corrected chi connectivity index (χ4v) is 3.58. The van der Waals surface area contributed by atoms with Crippen LogP contribution in [0.4, 0.5) is 0 Å². The number of rotatable bonds is 6. The minimum absolute atomic E-state index is 0.0519. The van der Waals surface area contributed by atoms with Gasteiger partial charge < -0.3 is 14.4 Å². The van der Waals surface area contributed by atoms with Crippen molar-refractivity contribution in [3.8, 4) is 0 Å². The molecule has 1 amide bonds. The second-order valence-corrected chi connectivity index (χ2v) is 7.28. The molecule has 1 aromatic rings. The maximum atomic E-state index is 12.8. The molecule has 6 nitrogen and oxygen atoms in total. The zero-order chi connectivity index (χ0) is 17.8. The number of ether oxygens (including phenoxy) is 2. The lowest BCUT2D eigenvalue weighted by atomic mass is 10.1. The zero-order valence-corrected chi connectivity index (χ0v) is 15.4. The fourth-order valence-electron chi connectivity index (χ4n) is 3.58. The van der Waals surface area contributed by atoms with Gasteiger partial charge in [0.1, 0.15) is 6.10 Å². The molecule has 0 radical (unpaired) electrons. The fraction of sp³-hybridized carbons (Fsp3) is 0.684. The summed E-state index contributed by atoms with van der Waals surface area (Å²) in [5.41, 5.74) is 1.09. The molecular weight excluding hydrogens is 318 g/mol. The molecule has 6 heteroatoms. The van der Waals surface area contributed by atoms with Crippen LogP contribution in [-0.2, 0) is 20.9 Å². The highest BCUT2D eigenvalue weighted by Crippen LogP contribution is 2.32. The SMILES string of the molecule is CC(C)N(C)CC(=O)N1CCOC2CCC1C2OCc1ccncc1. The quantitative estimate of drug-likeness (QED) is 0.784. The van der Waals surface area contributed by atoms with E-state index in [2.05, 4.69) is 23.7 Å². The molecule has 3 rings (SSSR count). The number of carbonyl (C=O) groups is 1. The van der Waals surface area contributed by atoms with Crippen LogP contribution in [0.5, 0.6) is 0 Å². The second kappa shape index (κ2) is 8.25. The molecule has 1 aliphatic carbocycles. The monoisotopic (exact) mass is 347 g/mol. The summed E-state index contributed by atoms with van der Waals surface area (Å²) in [5, 5.41) is 0. The Kier molecular flexibility index (Phi) is 6.04. The Hall–Kier alpha value is -1.50. The van der Waals surface area contributed by atoms with E-state index in [4.69, 9.17) is 9.47 Å². The predicted octanol–water partition coefficient (Wildman–Crippen LogP) is 1.70. The van der Waals surface area contributed by atoms with Crippen molar-refractivity contribution < 1.29 is 14.3 Å². The minimum Gasteiger partial charge on any atom is -0.374 e. The first-order chi connectivity index (χ1) is 12.1. The normalized spacial score (nSPS) is 26.3. The van der Waals surface area contributed by atoms with E-state index < -0.39 is 0 Å². The van der Waals surface area contributed by atoms with Crippen LogP contribution in [0.25, 0.3) is 0 Å². The first-order valence-electron chi connectivity index (χ1n) is 9.18. The van der Waals surface area contributed by atoms with Gasteiger partial charge in [-0.1, -0.05) is 0 Å². The summed E-state index contributed by atoms with van der Waals surface area (Å²) in [5.74, 6) is 0.171. The van der Waals surface area contributed by atoms with Crippen LogP contribution in [0.2, 0.25) is 0 Å². The molecule has 25 heavy (non-hydrogen) atoms. The van der Waals surface area contributed by atoms with Crippen LogP contribution in [0.15, 0.2) is 24.5 Å². The summed E-state index contributed by atoms with van der Waals surface area (Å²) in [7, 11) is 1.99. The highest BCUT2D eigenvalue weighted by Gasteiger charge is 2.44. The Morgan fingerprint density at radius 2 is 2.16 bits per heavy atom. The minimum atomic E-state index is -0.0519. The summed E-state index contributed by atoms with van der Waals surface area (Å²) in [6.07, 6.45) is 5.48. The molecule has 1 aromatic heterocycles. The maximum absolute atomic E-state index is 12.8. The van der Waals surface area contributed by atoms with Crippen LogP contribution in [0.3, 0.4) is 0 Å². The molecule has 2 heterocycles. The molecule has 2 fully saturated rings. The predicted molar refractivity (Wildman–Crippen MR) is 95.1 cm³/mol. The first kappa shape index (κ1) is 18.3. The van der Waals surface area contributed by atoms with Gasteiger partial charge in [-0.2, -0.15) is 0 Å². The Labute approximate surface area is 150 Å². The molecule has 0 spiro atoms. The lowest BCUT2D eigenvalue weighted by Gasteiger charge is -2.33. The van der Waals surface area contributed by atoms with Gasteiger partial charge in [0.15, 0.2) is 0 Å². The van der Waals surface area contributed by atoms with Crippen LogP contribution in [0.1, 0.15) is 32.3 Å². The first-order valence-corrected chi connectivity index (χ1v) is 9.18.